The van der Waals surface area contributed by atoms with Crippen LogP contribution in [0, 0.1) is 0 Å². The largest absolute Gasteiger partial charge is 0.399 e. The highest BCUT2D eigenvalue weighted by Gasteiger charge is 2.18. The summed E-state index contributed by atoms with van der Waals surface area (Å²) < 4.78 is 28.4. The molecule has 0 radical (unpaired) electrons. The maximum absolute atomic E-state index is 12.1. The fourth-order valence-electron chi connectivity index (χ4n) is 1.63. The summed E-state index contributed by atoms with van der Waals surface area (Å²) in [6.07, 6.45) is 1.98. The van der Waals surface area contributed by atoms with Crippen LogP contribution in [-0.4, -0.2) is 29.7 Å². The normalized spacial score (nSPS) is 11.7. The number of benzene rings is 1. The van der Waals surface area contributed by atoms with Crippen molar-refractivity contribution in [2.75, 3.05) is 12.3 Å². The molecule has 108 valence electrons. The second-order valence-corrected chi connectivity index (χ2v) is 6.34. The standard InChI is InChI=1S/C11H14ClN5O2S/c1-17-7-14-16-11(17)4-5-15-20(18,19)10-6-8(13)2-3-9(10)12/h2-3,6-7,15H,4-5,13H2,1H3. The van der Waals surface area contributed by atoms with Crippen molar-refractivity contribution >= 4 is 27.3 Å². The van der Waals surface area contributed by atoms with Crippen LogP contribution in [0.2, 0.25) is 5.02 Å². The monoisotopic (exact) mass is 315 g/mol. The number of nitrogens with zero attached hydrogens (tertiary/aromatic N) is 3. The first kappa shape index (κ1) is 14.8. The minimum atomic E-state index is -3.70. The van der Waals surface area contributed by atoms with Crippen LogP contribution in [0.1, 0.15) is 5.82 Å². The molecule has 0 atom stereocenters. The smallest absolute Gasteiger partial charge is 0.242 e. The maximum Gasteiger partial charge on any atom is 0.242 e. The van der Waals surface area contributed by atoms with E-state index < -0.39 is 10.0 Å². The molecular formula is C11H14ClN5O2S. The second kappa shape index (κ2) is 5.78. The average Bonchev–Trinajstić information content (AvgIpc) is 2.78. The van der Waals surface area contributed by atoms with Gasteiger partial charge in [-0.1, -0.05) is 11.6 Å². The van der Waals surface area contributed by atoms with E-state index in [0.29, 0.717) is 17.9 Å². The van der Waals surface area contributed by atoms with Crippen LogP contribution in [-0.2, 0) is 23.5 Å². The predicted octanol–water partition coefficient (Wildman–Crippen LogP) is 0.572. The van der Waals surface area contributed by atoms with E-state index in [1.807, 2.05) is 0 Å². The number of aryl methyl sites for hydroxylation is 1. The van der Waals surface area contributed by atoms with Crippen molar-refractivity contribution in [2.24, 2.45) is 7.05 Å². The lowest BCUT2D eigenvalue weighted by atomic mass is 10.3. The van der Waals surface area contributed by atoms with Gasteiger partial charge >= 0.3 is 0 Å². The molecule has 0 fully saturated rings. The summed E-state index contributed by atoms with van der Waals surface area (Å²) in [5.74, 6) is 0.686. The Morgan fingerprint density at radius 2 is 2.20 bits per heavy atom. The lowest BCUT2D eigenvalue weighted by molar-refractivity contribution is 0.580. The number of anilines is 1. The first-order valence-electron chi connectivity index (χ1n) is 5.78. The lowest BCUT2D eigenvalue weighted by Crippen LogP contribution is -2.27. The summed E-state index contributed by atoms with van der Waals surface area (Å²) in [5, 5.41) is 7.72. The predicted molar refractivity (Wildman–Crippen MR) is 75.8 cm³/mol. The summed E-state index contributed by atoms with van der Waals surface area (Å²) in [6.45, 7) is 0.194. The van der Waals surface area contributed by atoms with Crippen molar-refractivity contribution in [1.82, 2.24) is 19.5 Å². The van der Waals surface area contributed by atoms with Crippen molar-refractivity contribution < 1.29 is 8.42 Å². The summed E-state index contributed by atoms with van der Waals surface area (Å²) in [7, 11) is -1.91. The summed E-state index contributed by atoms with van der Waals surface area (Å²) in [5.41, 5.74) is 5.91. The number of nitrogen functional groups attached to an aromatic ring is 1. The zero-order valence-electron chi connectivity index (χ0n) is 10.7. The molecule has 0 amide bonds. The van der Waals surface area contributed by atoms with Crippen molar-refractivity contribution in [3.8, 4) is 0 Å². The fourth-order valence-corrected chi connectivity index (χ4v) is 3.20. The van der Waals surface area contributed by atoms with Crippen LogP contribution in [0.25, 0.3) is 0 Å². The van der Waals surface area contributed by atoms with Gasteiger partial charge in [0.05, 0.1) is 5.02 Å². The van der Waals surface area contributed by atoms with Crippen molar-refractivity contribution in [3.05, 3.63) is 35.4 Å². The van der Waals surface area contributed by atoms with E-state index in [1.165, 1.54) is 12.1 Å². The van der Waals surface area contributed by atoms with Crippen molar-refractivity contribution in [1.29, 1.82) is 0 Å². The molecule has 0 saturated carbocycles. The van der Waals surface area contributed by atoms with Gasteiger partial charge in [-0.2, -0.15) is 0 Å². The van der Waals surface area contributed by atoms with Gasteiger partial charge in [-0.3, -0.25) is 0 Å². The minimum absolute atomic E-state index is 0.0304. The van der Waals surface area contributed by atoms with Gasteiger partial charge in [0.2, 0.25) is 10.0 Å². The molecule has 3 N–H and O–H groups in total. The summed E-state index contributed by atoms with van der Waals surface area (Å²) in [4.78, 5) is -0.0304. The third kappa shape index (κ3) is 3.27. The molecule has 9 heteroatoms. The van der Waals surface area contributed by atoms with Crippen LogP contribution in [0.5, 0.6) is 0 Å². The van der Waals surface area contributed by atoms with Crippen LogP contribution < -0.4 is 10.5 Å². The van der Waals surface area contributed by atoms with Gasteiger partial charge in [-0.15, -0.1) is 10.2 Å². The first-order chi connectivity index (χ1) is 9.40. The Morgan fingerprint density at radius 1 is 1.45 bits per heavy atom. The number of aromatic nitrogens is 3. The van der Waals surface area contributed by atoms with Crippen molar-refractivity contribution in [3.63, 3.8) is 0 Å². The Kier molecular flexibility index (Phi) is 4.26. The Morgan fingerprint density at radius 3 is 2.85 bits per heavy atom. The van der Waals surface area contributed by atoms with E-state index in [4.69, 9.17) is 17.3 Å². The third-order valence-corrected chi connectivity index (χ3v) is 4.63. The maximum atomic E-state index is 12.1. The summed E-state index contributed by atoms with van der Waals surface area (Å²) >= 11 is 5.88. The van der Waals surface area contributed by atoms with Crippen molar-refractivity contribution in [2.45, 2.75) is 11.3 Å². The highest BCUT2D eigenvalue weighted by atomic mass is 35.5. The minimum Gasteiger partial charge on any atom is -0.399 e. The van der Waals surface area contributed by atoms with E-state index in [0.717, 1.165) is 0 Å². The SMILES string of the molecule is Cn1cnnc1CCNS(=O)(=O)c1cc(N)ccc1Cl. The number of sulfonamides is 1. The van der Waals surface area contributed by atoms with Gasteiger partial charge in [0.15, 0.2) is 0 Å². The Labute approximate surface area is 121 Å². The van der Waals surface area contributed by atoms with Gasteiger partial charge in [-0.05, 0) is 18.2 Å². The molecule has 0 saturated heterocycles. The van der Waals surface area contributed by atoms with Gasteiger partial charge in [0.1, 0.15) is 17.0 Å². The molecule has 2 rings (SSSR count). The molecule has 0 unspecified atom stereocenters. The van der Waals surface area contributed by atoms with Gasteiger partial charge in [-0.25, -0.2) is 13.1 Å². The fraction of sp³-hybridized carbons (Fsp3) is 0.273. The molecule has 7 nitrogen and oxygen atoms in total. The van der Waals surface area contributed by atoms with E-state index in [2.05, 4.69) is 14.9 Å². The summed E-state index contributed by atoms with van der Waals surface area (Å²) in [6, 6.07) is 4.32. The van der Waals surface area contributed by atoms with Gasteiger partial charge < -0.3 is 10.3 Å². The highest BCUT2D eigenvalue weighted by Crippen LogP contribution is 2.23. The molecule has 2 aromatic rings. The second-order valence-electron chi connectivity index (χ2n) is 4.20. The van der Waals surface area contributed by atoms with E-state index in [1.54, 1.807) is 24.0 Å². The van der Waals surface area contributed by atoms with Crippen LogP contribution in [0.3, 0.4) is 0 Å². The molecule has 0 aliphatic heterocycles. The Bertz CT molecular complexity index is 713. The zero-order valence-corrected chi connectivity index (χ0v) is 12.3. The molecular weight excluding hydrogens is 302 g/mol. The lowest BCUT2D eigenvalue weighted by Gasteiger charge is -2.08. The molecule has 0 aliphatic carbocycles. The molecule has 0 spiro atoms. The topological polar surface area (TPSA) is 103 Å². The Hall–Kier alpha value is -1.64. The number of halogens is 1. The molecule has 1 aromatic carbocycles. The molecule has 1 heterocycles. The first-order valence-corrected chi connectivity index (χ1v) is 7.64. The highest BCUT2D eigenvalue weighted by molar-refractivity contribution is 7.89. The van der Waals surface area contributed by atoms with Gasteiger partial charge in [0, 0.05) is 25.7 Å². The number of nitrogens with one attached hydrogen (secondary N) is 1. The molecule has 0 aliphatic rings. The quantitative estimate of drug-likeness (QED) is 0.785. The van der Waals surface area contributed by atoms with Gasteiger partial charge in [0.25, 0.3) is 0 Å². The van der Waals surface area contributed by atoms with E-state index in [-0.39, 0.29) is 16.5 Å². The molecule has 0 bridgehead atoms. The van der Waals surface area contributed by atoms with Crippen LogP contribution in [0.15, 0.2) is 29.4 Å². The third-order valence-electron chi connectivity index (χ3n) is 2.69. The molecule has 20 heavy (non-hydrogen) atoms. The van der Waals surface area contributed by atoms with E-state index in [9.17, 15) is 8.42 Å². The number of nitrogens with two attached hydrogens (primary N) is 1. The van der Waals surface area contributed by atoms with E-state index >= 15 is 0 Å². The number of hydrogen-bond acceptors (Lipinski definition) is 5. The number of hydrogen-bond donors (Lipinski definition) is 2. The average molecular weight is 316 g/mol. The Balaban J connectivity index is 2.08. The molecule has 1 aromatic heterocycles. The van der Waals surface area contributed by atoms with Crippen LogP contribution >= 0.6 is 11.6 Å². The zero-order chi connectivity index (χ0) is 14.8. The number of rotatable bonds is 5. The van der Waals surface area contributed by atoms with Crippen LogP contribution in [0.4, 0.5) is 5.69 Å².